The summed E-state index contributed by atoms with van der Waals surface area (Å²) in [6.45, 7) is 3.03. The number of carbonyl (C=O) groups excluding carboxylic acids is 1. The van der Waals surface area contributed by atoms with Crippen LogP contribution in [0, 0.1) is 0 Å². The van der Waals surface area contributed by atoms with E-state index in [-0.39, 0.29) is 16.8 Å². The van der Waals surface area contributed by atoms with Gasteiger partial charge in [-0.05, 0) is 61.7 Å². The second-order valence-corrected chi connectivity index (χ2v) is 9.33. The summed E-state index contributed by atoms with van der Waals surface area (Å²) in [6, 6.07) is 13.8. The first-order valence-electron chi connectivity index (χ1n) is 9.94. The predicted octanol–water partition coefficient (Wildman–Crippen LogP) is 3.15. The third kappa shape index (κ3) is 4.15. The number of sulfonamides is 1. The minimum Gasteiger partial charge on any atom is -0.346 e. The van der Waals surface area contributed by atoms with Gasteiger partial charge in [-0.3, -0.25) is 4.79 Å². The van der Waals surface area contributed by atoms with Crippen molar-refractivity contribution in [1.29, 1.82) is 0 Å². The van der Waals surface area contributed by atoms with Crippen LogP contribution in [0.2, 0.25) is 0 Å². The molecule has 1 N–H and O–H groups in total. The Morgan fingerprint density at radius 2 is 1.70 bits per heavy atom. The number of aromatic nitrogens is 2. The van der Waals surface area contributed by atoms with Crippen molar-refractivity contribution in [3.63, 3.8) is 0 Å². The lowest BCUT2D eigenvalue weighted by molar-refractivity contribution is 0.0940. The van der Waals surface area contributed by atoms with E-state index in [0.717, 1.165) is 24.1 Å². The van der Waals surface area contributed by atoms with E-state index in [2.05, 4.69) is 10.3 Å². The number of carbonyl (C=O) groups is 1. The summed E-state index contributed by atoms with van der Waals surface area (Å²) in [5, 5.41) is 2.96. The van der Waals surface area contributed by atoms with Crippen molar-refractivity contribution in [3.8, 4) is 5.69 Å². The Morgan fingerprint density at radius 1 is 1.03 bits per heavy atom. The fourth-order valence-corrected chi connectivity index (χ4v) is 5.08. The Morgan fingerprint density at radius 3 is 2.30 bits per heavy atom. The zero-order valence-electron chi connectivity index (χ0n) is 16.7. The highest BCUT2D eigenvalue weighted by Crippen LogP contribution is 2.21. The lowest BCUT2D eigenvalue weighted by Crippen LogP contribution is -2.28. The third-order valence-corrected chi connectivity index (χ3v) is 7.28. The maximum atomic E-state index is 12.6. The highest BCUT2D eigenvalue weighted by Gasteiger charge is 2.27. The normalized spacial score (nSPS) is 15.8. The first-order valence-corrected chi connectivity index (χ1v) is 11.4. The molecule has 7 nitrogen and oxygen atoms in total. The summed E-state index contributed by atoms with van der Waals surface area (Å²) in [5.74, 6) is -0.244. The van der Waals surface area contributed by atoms with E-state index in [1.807, 2.05) is 42.0 Å². The van der Waals surface area contributed by atoms with Gasteiger partial charge in [0.1, 0.15) is 0 Å². The van der Waals surface area contributed by atoms with Gasteiger partial charge in [0.25, 0.3) is 5.91 Å². The maximum Gasteiger partial charge on any atom is 0.251 e. The van der Waals surface area contributed by atoms with Gasteiger partial charge in [0.2, 0.25) is 10.0 Å². The molecule has 0 radical (unpaired) electrons. The third-order valence-electron chi connectivity index (χ3n) is 5.36. The molecule has 0 spiro atoms. The molecule has 1 amide bonds. The molecule has 2 aromatic carbocycles. The van der Waals surface area contributed by atoms with Gasteiger partial charge < -0.3 is 9.88 Å². The van der Waals surface area contributed by atoms with E-state index in [4.69, 9.17) is 0 Å². The molecule has 30 heavy (non-hydrogen) atoms. The van der Waals surface area contributed by atoms with Crippen molar-refractivity contribution >= 4 is 15.9 Å². The molecule has 0 saturated carbocycles. The molecule has 1 fully saturated rings. The lowest BCUT2D eigenvalue weighted by Gasteiger charge is -2.17. The van der Waals surface area contributed by atoms with Gasteiger partial charge >= 0.3 is 0 Å². The molecule has 2 heterocycles. The molecule has 4 rings (SSSR count). The first kappa shape index (κ1) is 20.3. The van der Waals surface area contributed by atoms with Crippen LogP contribution in [-0.2, 0) is 10.0 Å². The smallest absolute Gasteiger partial charge is 0.251 e. The van der Waals surface area contributed by atoms with Crippen molar-refractivity contribution in [2.75, 3.05) is 13.1 Å². The summed E-state index contributed by atoms with van der Waals surface area (Å²) < 4.78 is 28.6. The van der Waals surface area contributed by atoms with Gasteiger partial charge in [-0.15, -0.1) is 0 Å². The Balaban J connectivity index is 1.42. The van der Waals surface area contributed by atoms with Crippen LogP contribution in [-0.4, -0.2) is 41.3 Å². The minimum atomic E-state index is -3.47. The molecule has 1 unspecified atom stereocenters. The molecule has 0 bridgehead atoms. The van der Waals surface area contributed by atoms with Gasteiger partial charge in [-0.2, -0.15) is 4.31 Å². The summed E-state index contributed by atoms with van der Waals surface area (Å²) in [7, 11) is -3.47. The Labute approximate surface area is 176 Å². The molecule has 1 aliphatic heterocycles. The summed E-state index contributed by atoms with van der Waals surface area (Å²) in [5.41, 5.74) is 2.39. The van der Waals surface area contributed by atoms with E-state index in [9.17, 15) is 13.2 Å². The van der Waals surface area contributed by atoms with Crippen LogP contribution in [0.4, 0.5) is 0 Å². The number of hydrogen-bond donors (Lipinski definition) is 1. The van der Waals surface area contributed by atoms with Gasteiger partial charge in [-0.25, -0.2) is 13.4 Å². The average Bonchev–Trinajstić information content (AvgIpc) is 3.48. The standard InChI is InChI=1S/C22H24N4O3S/c1-17(18-4-8-20(9-5-18)25-15-12-23-16-25)24-22(27)19-6-10-21(11-7-19)30(28,29)26-13-2-3-14-26/h4-12,15-17H,2-3,13-14H2,1H3,(H,24,27). The largest absolute Gasteiger partial charge is 0.346 e. The molecule has 1 atom stereocenters. The number of nitrogens with zero attached hydrogens (tertiary/aromatic N) is 3. The topological polar surface area (TPSA) is 84.3 Å². The number of nitrogens with one attached hydrogen (secondary N) is 1. The van der Waals surface area contributed by atoms with Crippen molar-refractivity contribution in [2.45, 2.75) is 30.7 Å². The summed E-state index contributed by atoms with van der Waals surface area (Å²) in [6.07, 6.45) is 7.10. The highest BCUT2D eigenvalue weighted by molar-refractivity contribution is 7.89. The minimum absolute atomic E-state index is 0.192. The monoisotopic (exact) mass is 424 g/mol. The van der Waals surface area contributed by atoms with E-state index in [1.165, 1.54) is 16.4 Å². The van der Waals surface area contributed by atoms with Crippen LogP contribution in [0.3, 0.4) is 0 Å². The van der Waals surface area contributed by atoms with Gasteiger partial charge in [0.15, 0.2) is 0 Å². The quantitative estimate of drug-likeness (QED) is 0.659. The van der Waals surface area contributed by atoms with Crippen LogP contribution in [0.15, 0.2) is 72.1 Å². The molecule has 1 aliphatic rings. The number of benzene rings is 2. The van der Waals surface area contributed by atoms with E-state index < -0.39 is 10.0 Å². The van der Waals surface area contributed by atoms with Gasteiger partial charge in [-0.1, -0.05) is 12.1 Å². The van der Waals surface area contributed by atoms with E-state index in [0.29, 0.717) is 18.7 Å². The van der Waals surface area contributed by atoms with Crippen molar-refractivity contribution in [1.82, 2.24) is 19.2 Å². The number of hydrogen-bond acceptors (Lipinski definition) is 4. The predicted molar refractivity (Wildman–Crippen MR) is 114 cm³/mol. The van der Waals surface area contributed by atoms with Gasteiger partial charge in [0, 0.05) is 36.7 Å². The highest BCUT2D eigenvalue weighted by atomic mass is 32.2. The summed E-state index contributed by atoms with van der Waals surface area (Å²) >= 11 is 0. The van der Waals surface area contributed by atoms with Crippen molar-refractivity contribution in [2.24, 2.45) is 0 Å². The number of amides is 1. The molecule has 8 heteroatoms. The average molecular weight is 425 g/mol. The SMILES string of the molecule is CC(NC(=O)c1ccc(S(=O)(=O)N2CCCC2)cc1)c1ccc(-n2ccnc2)cc1. The van der Waals surface area contributed by atoms with Crippen molar-refractivity contribution < 1.29 is 13.2 Å². The first-order chi connectivity index (χ1) is 14.4. The molecule has 156 valence electrons. The zero-order chi connectivity index (χ0) is 21.1. The molecule has 3 aromatic rings. The number of imidazole rings is 1. The molecule has 1 saturated heterocycles. The zero-order valence-corrected chi connectivity index (χ0v) is 17.5. The maximum absolute atomic E-state index is 12.6. The van der Waals surface area contributed by atoms with E-state index in [1.54, 1.807) is 24.7 Å². The Kier molecular flexibility index (Phi) is 5.69. The fraction of sp³-hybridized carbons (Fsp3) is 0.273. The van der Waals surface area contributed by atoms with Crippen LogP contribution in [0.25, 0.3) is 5.69 Å². The lowest BCUT2D eigenvalue weighted by atomic mass is 10.1. The summed E-state index contributed by atoms with van der Waals surface area (Å²) in [4.78, 5) is 16.9. The fourth-order valence-electron chi connectivity index (χ4n) is 3.57. The van der Waals surface area contributed by atoms with Crippen LogP contribution >= 0.6 is 0 Å². The molecular weight excluding hydrogens is 400 g/mol. The van der Waals surface area contributed by atoms with Crippen molar-refractivity contribution in [3.05, 3.63) is 78.4 Å². The van der Waals surface area contributed by atoms with Crippen LogP contribution in [0.5, 0.6) is 0 Å². The number of rotatable bonds is 6. The Hall–Kier alpha value is -2.97. The molecule has 0 aliphatic carbocycles. The Bertz CT molecular complexity index is 1100. The second-order valence-electron chi connectivity index (χ2n) is 7.39. The van der Waals surface area contributed by atoms with Gasteiger partial charge in [0.05, 0.1) is 17.3 Å². The molecular formula is C22H24N4O3S. The van der Waals surface area contributed by atoms with Crippen LogP contribution < -0.4 is 5.32 Å². The molecule has 1 aromatic heterocycles. The van der Waals surface area contributed by atoms with E-state index >= 15 is 0 Å². The van der Waals surface area contributed by atoms with Crippen LogP contribution in [0.1, 0.15) is 41.7 Å². The second kappa shape index (κ2) is 8.41.